The molecule has 6 nitrogen and oxygen atoms in total. The first-order chi connectivity index (χ1) is 13.4. The number of thiophene rings is 1. The van der Waals surface area contributed by atoms with Crippen molar-refractivity contribution in [3.8, 4) is 0 Å². The van der Waals surface area contributed by atoms with Crippen LogP contribution in [0.15, 0.2) is 35.2 Å². The third kappa shape index (κ3) is 5.63. The number of nitrogens with zero attached hydrogens (tertiary/aromatic N) is 1. The highest BCUT2D eigenvalue weighted by Gasteiger charge is 2.28. The van der Waals surface area contributed by atoms with E-state index >= 15 is 0 Å². The highest BCUT2D eigenvalue weighted by atomic mass is 35.5. The largest absolute Gasteiger partial charge is 0.379 e. The molecule has 1 aliphatic rings. The average molecular weight is 481 g/mol. The number of anilines is 1. The summed E-state index contributed by atoms with van der Waals surface area (Å²) in [5.41, 5.74) is 0.390. The summed E-state index contributed by atoms with van der Waals surface area (Å²) in [6.45, 7) is 1.25. The molecule has 0 aliphatic carbocycles. The van der Waals surface area contributed by atoms with Gasteiger partial charge in [-0.3, -0.25) is 4.79 Å². The van der Waals surface area contributed by atoms with Gasteiger partial charge in [0.05, 0.1) is 28.3 Å². The lowest BCUT2D eigenvalue weighted by Crippen LogP contribution is -2.40. The van der Waals surface area contributed by atoms with Crippen LogP contribution in [0.3, 0.4) is 0 Å². The van der Waals surface area contributed by atoms with Gasteiger partial charge in [-0.25, -0.2) is 8.42 Å². The molecule has 28 heavy (non-hydrogen) atoms. The van der Waals surface area contributed by atoms with Crippen molar-refractivity contribution in [2.24, 2.45) is 0 Å². The van der Waals surface area contributed by atoms with Crippen molar-refractivity contribution in [1.82, 2.24) is 4.31 Å². The van der Waals surface area contributed by atoms with Crippen LogP contribution in [0.25, 0.3) is 0 Å². The average Bonchev–Trinajstić information content (AvgIpc) is 3.09. The van der Waals surface area contributed by atoms with Gasteiger partial charge in [0.2, 0.25) is 15.9 Å². The zero-order chi connectivity index (χ0) is 20.1. The molecule has 1 aromatic heterocycles. The number of ether oxygens (including phenoxy) is 1. The maximum atomic E-state index is 12.8. The highest BCUT2D eigenvalue weighted by Crippen LogP contribution is 2.29. The molecule has 152 valence electrons. The molecule has 1 amide bonds. The van der Waals surface area contributed by atoms with Gasteiger partial charge in [-0.1, -0.05) is 23.2 Å². The Kier molecular flexibility index (Phi) is 7.66. The SMILES string of the molecule is O=C(CSCc1ccc(Cl)s1)Nc1ccc(Cl)c(S(=O)(=O)N2CCOCC2)c1. The fraction of sp³-hybridized carbons (Fsp3) is 0.353. The summed E-state index contributed by atoms with van der Waals surface area (Å²) in [4.78, 5) is 13.3. The van der Waals surface area contributed by atoms with Gasteiger partial charge in [0, 0.05) is 29.4 Å². The van der Waals surface area contributed by atoms with Gasteiger partial charge in [-0.05, 0) is 30.3 Å². The minimum absolute atomic E-state index is 0.0188. The molecular formula is C17H18Cl2N2O4S3. The number of nitrogens with one attached hydrogen (secondary N) is 1. The number of carbonyl (C=O) groups is 1. The van der Waals surface area contributed by atoms with E-state index in [-0.39, 0.29) is 34.7 Å². The molecule has 1 aromatic carbocycles. The third-order valence-electron chi connectivity index (χ3n) is 3.91. The zero-order valence-corrected chi connectivity index (χ0v) is 18.7. The lowest BCUT2D eigenvalue weighted by atomic mass is 10.3. The molecular weight excluding hydrogens is 463 g/mol. The van der Waals surface area contributed by atoms with Gasteiger partial charge in [-0.2, -0.15) is 4.31 Å². The van der Waals surface area contributed by atoms with Crippen molar-refractivity contribution >= 4 is 67.9 Å². The van der Waals surface area contributed by atoms with Crippen molar-refractivity contribution in [2.45, 2.75) is 10.6 Å². The molecule has 1 aliphatic heterocycles. The van der Waals surface area contributed by atoms with Gasteiger partial charge in [0.1, 0.15) is 4.90 Å². The van der Waals surface area contributed by atoms with Gasteiger partial charge in [0.25, 0.3) is 0 Å². The monoisotopic (exact) mass is 480 g/mol. The van der Waals surface area contributed by atoms with E-state index < -0.39 is 10.0 Å². The van der Waals surface area contributed by atoms with Crippen molar-refractivity contribution in [3.63, 3.8) is 0 Å². The number of morpholine rings is 1. The van der Waals surface area contributed by atoms with Crippen molar-refractivity contribution in [3.05, 3.63) is 44.6 Å². The predicted molar refractivity (Wildman–Crippen MR) is 115 cm³/mol. The van der Waals surface area contributed by atoms with Gasteiger partial charge in [-0.15, -0.1) is 23.1 Å². The molecule has 2 aromatic rings. The Morgan fingerprint density at radius 1 is 1.21 bits per heavy atom. The third-order valence-corrected chi connectivity index (χ3v) is 8.68. The molecule has 0 unspecified atom stereocenters. The van der Waals surface area contributed by atoms with Gasteiger partial charge in [0.15, 0.2) is 0 Å². The summed E-state index contributed by atoms with van der Waals surface area (Å²) >= 11 is 15.0. The van der Waals surface area contributed by atoms with Gasteiger partial charge >= 0.3 is 0 Å². The minimum Gasteiger partial charge on any atom is -0.379 e. The topological polar surface area (TPSA) is 75.7 Å². The summed E-state index contributed by atoms with van der Waals surface area (Å²) in [6.07, 6.45) is 0. The fourth-order valence-electron chi connectivity index (χ4n) is 2.58. The Morgan fingerprint density at radius 2 is 1.96 bits per heavy atom. The van der Waals surface area contributed by atoms with E-state index in [1.54, 1.807) is 6.07 Å². The van der Waals surface area contributed by atoms with E-state index in [2.05, 4.69) is 5.32 Å². The molecule has 0 spiro atoms. The number of halogens is 2. The fourth-order valence-corrected chi connectivity index (χ4v) is 6.51. The molecule has 1 saturated heterocycles. The maximum absolute atomic E-state index is 12.8. The molecule has 0 saturated carbocycles. The van der Waals surface area contributed by atoms with Crippen LogP contribution >= 0.6 is 46.3 Å². The number of carbonyl (C=O) groups excluding carboxylic acids is 1. The van der Waals surface area contributed by atoms with E-state index in [4.69, 9.17) is 27.9 Å². The minimum atomic E-state index is -3.75. The summed E-state index contributed by atoms with van der Waals surface area (Å²) in [5.74, 6) is 0.705. The van der Waals surface area contributed by atoms with E-state index in [9.17, 15) is 13.2 Å². The Labute approximate surface area is 182 Å². The maximum Gasteiger partial charge on any atom is 0.244 e. The number of sulfonamides is 1. The molecule has 3 rings (SSSR count). The smallest absolute Gasteiger partial charge is 0.244 e. The van der Waals surface area contributed by atoms with E-state index in [1.807, 2.05) is 12.1 Å². The summed E-state index contributed by atoms with van der Waals surface area (Å²) in [5, 5.41) is 2.85. The van der Waals surface area contributed by atoms with Crippen molar-refractivity contribution in [1.29, 1.82) is 0 Å². The Morgan fingerprint density at radius 3 is 2.64 bits per heavy atom. The number of hydrogen-bond donors (Lipinski definition) is 1. The van der Waals surface area contributed by atoms with Crippen LogP contribution < -0.4 is 5.32 Å². The molecule has 0 atom stereocenters. The Hall–Kier alpha value is -0.810. The first kappa shape index (κ1) is 21.9. The van der Waals surface area contributed by atoms with Crippen LogP contribution in [0, 0.1) is 0 Å². The van der Waals surface area contributed by atoms with Crippen LogP contribution in [0.2, 0.25) is 9.36 Å². The second-order valence-electron chi connectivity index (χ2n) is 5.91. The molecule has 11 heteroatoms. The number of benzene rings is 1. The number of amides is 1. The molecule has 0 radical (unpaired) electrons. The van der Waals surface area contributed by atoms with Crippen LogP contribution in [0.5, 0.6) is 0 Å². The molecule has 2 heterocycles. The summed E-state index contributed by atoms with van der Waals surface area (Å²) in [7, 11) is -3.75. The zero-order valence-electron chi connectivity index (χ0n) is 14.7. The van der Waals surface area contributed by atoms with Crippen molar-refractivity contribution < 1.29 is 17.9 Å². The Bertz CT molecular complexity index is 944. The van der Waals surface area contributed by atoms with Crippen LogP contribution in [-0.2, 0) is 25.3 Å². The van der Waals surface area contributed by atoms with Crippen LogP contribution in [0.1, 0.15) is 4.88 Å². The van der Waals surface area contributed by atoms with Crippen LogP contribution in [0.4, 0.5) is 5.69 Å². The van der Waals surface area contributed by atoms with E-state index in [1.165, 1.54) is 39.5 Å². The molecule has 1 N–H and O–H groups in total. The summed E-state index contributed by atoms with van der Waals surface area (Å²) in [6, 6.07) is 8.22. The second-order valence-corrected chi connectivity index (χ2v) is 11.0. The first-order valence-corrected chi connectivity index (χ1v) is 12.5. The van der Waals surface area contributed by atoms with Gasteiger partial charge < -0.3 is 10.1 Å². The standard InChI is InChI=1S/C17H18Cl2N2O4S3/c18-14-3-1-12(9-15(14)28(23,24)21-5-7-25-8-6-21)20-17(22)11-26-10-13-2-4-16(19)27-13/h1-4,9H,5-8,10-11H2,(H,20,22). The normalized spacial score (nSPS) is 15.5. The number of rotatable bonds is 7. The first-order valence-electron chi connectivity index (χ1n) is 8.35. The van der Waals surface area contributed by atoms with E-state index in [0.29, 0.717) is 24.7 Å². The Balaban J connectivity index is 1.63. The van der Waals surface area contributed by atoms with E-state index in [0.717, 1.165) is 9.21 Å². The second kappa shape index (κ2) is 9.80. The van der Waals surface area contributed by atoms with Crippen molar-refractivity contribution in [2.75, 3.05) is 37.4 Å². The molecule has 1 fully saturated rings. The van der Waals surface area contributed by atoms with Crippen LogP contribution in [-0.4, -0.2) is 50.7 Å². The lowest BCUT2D eigenvalue weighted by Gasteiger charge is -2.26. The number of hydrogen-bond acceptors (Lipinski definition) is 6. The lowest BCUT2D eigenvalue weighted by molar-refractivity contribution is -0.113. The number of thioether (sulfide) groups is 1. The molecule has 0 bridgehead atoms. The predicted octanol–water partition coefficient (Wildman–Crippen LogP) is 3.95. The highest BCUT2D eigenvalue weighted by molar-refractivity contribution is 7.99. The quantitative estimate of drug-likeness (QED) is 0.648. The summed E-state index contributed by atoms with van der Waals surface area (Å²) < 4.78 is 32.9.